The number of nitrogens with zero attached hydrogens (tertiary/aromatic N) is 3. The molecule has 0 unspecified atom stereocenters. The van der Waals surface area contributed by atoms with E-state index < -0.39 is 23.6 Å². The number of carbonyl (C=O) groups excluding carboxylic acids is 2. The molecule has 3 saturated heterocycles. The molecule has 4 heterocycles. The molecule has 0 spiro atoms. The molecule has 3 aliphatic heterocycles. The highest BCUT2D eigenvalue weighted by atomic mass is 19.4. The number of halogens is 3. The van der Waals surface area contributed by atoms with Gasteiger partial charge in [-0.1, -0.05) is 12.1 Å². The van der Waals surface area contributed by atoms with Gasteiger partial charge in [-0.3, -0.25) is 14.3 Å². The Bertz CT molecular complexity index is 943. The van der Waals surface area contributed by atoms with Crippen LogP contribution in [0.5, 0.6) is 0 Å². The molecule has 2 bridgehead atoms. The first-order valence-electron chi connectivity index (χ1n) is 9.05. The summed E-state index contributed by atoms with van der Waals surface area (Å²) in [5.74, 6) is -1.42. The summed E-state index contributed by atoms with van der Waals surface area (Å²) in [6.07, 6.45) is -0.333. The van der Waals surface area contributed by atoms with Gasteiger partial charge in [0.15, 0.2) is 0 Å². The number of hydrogen-bond donors (Lipinski definition) is 0. The molecule has 5 rings (SSSR count). The molecule has 0 saturated carbocycles. The predicted octanol–water partition coefficient (Wildman–Crippen LogP) is 2.62. The van der Waals surface area contributed by atoms with Crippen LogP contribution in [0.15, 0.2) is 36.7 Å². The molecule has 146 valence electrons. The third-order valence-electron chi connectivity index (χ3n) is 5.76. The fourth-order valence-corrected chi connectivity index (χ4v) is 4.55. The molecule has 2 aromatic rings. The Morgan fingerprint density at radius 3 is 2.43 bits per heavy atom. The number of fused-ring (bicyclic) bond motifs is 5. The SMILES string of the molecule is O=C1[C@@H]2[C@@H](C(=O)N1c1cnn(Cc3cccc(C(F)(F)F)c3)c1)[C@H]1CC[C@H]2O1. The van der Waals surface area contributed by atoms with Crippen molar-refractivity contribution in [1.82, 2.24) is 9.78 Å². The molecular formula is C19H16F3N3O3. The second-order valence-electron chi connectivity index (χ2n) is 7.45. The summed E-state index contributed by atoms with van der Waals surface area (Å²) < 4.78 is 45.7. The Morgan fingerprint density at radius 1 is 1.11 bits per heavy atom. The molecule has 4 atom stereocenters. The second kappa shape index (κ2) is 5.91. The molecule has 3 fully saturated rings. The van der Waals surface area contributed by atoms with E-state index in [4.69, 9.17) is 4.74 Å². The lowest BCUT2D eigenvalue weighted by atomic mass is 9.81. The Hall–Kier alpha value is -2.68. The zero-order valence-electron chi connectivity index (χ0n) is 14.6. The lowest BCUT2D eigenvalue weighted by Crippen LogP contribution is -2.34. The summed E-state index contributed by atoms with van der Waals surface area (Å²) in [7, 11) is 0. The number of ether oxygens (including phenoxy) is 1. The number of carbonyl (C=O) groups is 2. The van der Waals surface area contributed by atoms with E-state index in [2.05, 4.69) is 5.10 Å². The van der Waals surface area contributed by atoms with Gasteiger partial charge in [0, 0.05) is 6.20 Å². The van der Waals surface area contributed by atoms with Gasteiger partial charge in [-0.15, -0.1) is 0 Å². The van der Waals surface area contributed by atoms with E-state index in [1.807, 2.05) is 0 Å². The van der Waals surface area contributed by atoms with Gasteiger partial charge in [0.1, 0.15) is 0 Å². The van der Waals surface area contributed by atoms with Gasteiger partial charge in [0.25, 0.3) is 0 Å². The van der Waals surface area contributed by atoms with Crippen molar-refractivity contribution in [1.29, 1.82) is 0 Å². The lowest BCUT2D eigenvalue weighted by molar-refractivity contribution is -0.137. The van der Waals surface area contributed by atoms with Crippen LogP contribution < -0.4 is 4.90 Å². The molecular weight excluding hydrogens is 375 g/mol. The van der Waals surface area contributed by atoms with Crippen LogP contribution in [0.1, 0.15) is 24.0 Å². The largest absolute Gasteiger partial charge is 0.416 e. The van der Waals surface area contributed by atoms with Crippen molar-refractivity contribution in [2.24, 2.45) is 11.8 Å². The summed E-state index contributed by atoms with van der Waals surface area (Å²) >= 11 is 0. The molecule has 1 aromatic heterocycles. The van der Waals surface area contributed by atoms with E-state index in [1.54, 1.807) is 6.07 Å². The van der Waals surface area contributed by atoms with Gasteiger partial charge in [0.2, 0.25) is 11.8 Å². The van der Waals surface area contributed by atoms with Crippen molar-refractivity contribution < 1.29 is 27.5 Å². The van der Waals surface area contributed by atoms with Crippen LogP contribution in [0, 0.1) is 11.8 Å². The predicted molar refractivity (Wildman–Crippen MR) is 90.1 cm³/mol. The first kappa shape index (κ1) is 17.4. The zero-order chi connectivity index (χ0) is 19.6. The van der Waals surface area contributed by atoms with Gasteiger partial charge in [-0.2, -0.15) is 18.3 Å². The molecule has 0 N–H and O–H groups in total. The van der Waals surface area contributed by atoms with E-state index in [1.165, 1.54) is 23.1 Å². The van der Waals surface area contributed by atoms with Gasteiger partial charge >= 0.3 is 6.18 Å². The monoisotopic (exact) mass is 391 g/mol. The van der Waals surface area contributed by atoms with E-state index in [0.717, 1.165) is 29.9 Å². The maximum atomic E-state index is 12.9. The Balaban J connectivity index is 1.37. The number of aromatic nitrogens is 2. The second-order valence-corrected chi connectivity index (χ2v) is 7.45. The van der Waals surface area contributed by atoms with Crippen molar-refractivity contribution in [3.8, 4) is 0 Å². The molecule has 0 radical (unpaired) electrons. The maximum Gasteiger partial charge on any atom is 0.416 e. The highest BCUT2D eigenvalue weighted by Gasteiger charge is 2.62. The van der Waals surface area contributed by atoms with Crippen molar-refractivity contribution in [2.75, 3.05) is 4.90 Å². The fourth-order valence-electron chi connectivity index (χ4n) is 4.55. The van der Waals surface area contributed by atoms with Gasteiger partial charge in [0.05, 0.1) is 48.0 Å². The van der Waals surface area contributed by atoms with Crippen LogP contribution in [-0.2, 0) is 27.0 Å². The molecule has 9 heteroatoms. The quantitative estimate of drug-likeness (QED) is 0.755. The minimum Gasteiger partial charge on any atom is -0.373 e. The first-order valence-corrected chi connectivity index (χ1v) is 9.05. The Morgan fingerprint density at radius 2 is 1.79 bits per heavy atom. The number of amides is 2. The van der Waals surface area contributed by atoms with Crippen LogP contribution in [0.2, 0.25) is 0 Å². The van der Waals surface area contributed by atoms with E-state index in [9.17, 15) is 22.8 Å². The zero-order valence-corrected chi connectivity index (χ0v) is 14.6. The van der Waals surface area contributed by atoms with Crippen LogP contribution in [0.3, 0.4) is 0 Å². The van der Waals surface area contributed by atoms with Crippen molar-refractivity contribution in [3.05, 3.63) is 47.8 Å². The van der Waals surface area contributed by atoms with Crippen molar-refractivity contribution >= 4 is 17.5 Å². The van der Waals surface area contributed by atoms with Crippen molar-refractivity contribution in [2.45, 2.75) is 37.8 Å². The average molecular weight is 391 g/mol. The minimum absolute atomic E-state index is 0.0986. The summed E-state index contributed by atoms with van der Waals surface area (Å²) in [6, 6.07) is 4.98. The summed E-state index contributed by atoms with van der Waals surface area (Å²) in [5, 5.41) is 4.12. The van der Waals surface area contributed by atoms with Crippen LogP contribution >= 0.6 is 0 Å². The third kappa shape index (κ3) is 2.56. The Labute approximate surface area is 157 Å². The van der Waals surface area contributed by atoms with Gasteiger partial charge in [-0.25, -0.2) is 4.90 Å². The topological polar surface area (TPSA) is 64.4 Å². The maximum absolute atomic E-state index is 12.9. The number of benzene rings is 1. The lowest BCUT2D eigenvalue weighted by Gasteiger charge is -2.15. The molecule has 0 aliphatic carbocycles. The highest BCUT2D eigenvalue weighted by Crippen LogP contribution is 2.49. The average Bonchev–Trinajstić information content (AvgIpc) is 3.40. The van der Waals surface area contributed by atoms with Crippen LogP contribution in [0.25, 0.3) is 0 Å². The van der Waals surface area contributed by atoms with Crippen LogP contribution in [0.4, 0.5) is 18.9 Å². The third-order valence-corrected chi connectivity index (χ3v) is 5.76. The highest BCUT2D eigenvalue weighted by molar-refractivity contribution is 6.22. The minimum atomic E-state index is -4.42. The van der Waals surface area contributed by atoms with Crippen LogP contribution in [-0.4, -0.2) is 33.8 Å². The number of imide groups is 1. The summed E-state index contributed by atoms with van der Waals surface area (Å²) in [6.45, 7) is 0.0986. The van der Waals surface area contributed by atoms with E-state index in [-0.39, 0.29) is 30.6 Å². The van der Waals surface area contributed by atoms with E-state index in [0.29, 0.717) is 11.3 Å². The fraction of sp³-hybridized carbons (Fsp3) is 0.421. The number of hydrogen-bond acceptors (Lipinski definition) is 4. The molecule has 6 nitrogen and oxygen atoms in total. The summed E-state index contributed by atoms with van der Waals surface area (Å²) in [5.41, 5.74) is 0.0354. The number of alkyl halides is 3. The smallest absolute Gasteiger partial charge is 0.373 e. The number of anilines is 1. The standard InChI is InChI=1S/C19H16F3N3O3/c20-19(21,22)11-3-1-2-10(6-11)8-24-9-12(7-23-24)25-17(26)15-13-4-5-14(28-13)16(15)18(25)27/h1-3,6-7,9,13-16H,4-5,8H2/t13-,14-,15+,16+/m1/s1. The Kier molecular flexibility index (Phi) is 3.67. The van der Waals surface area contributed by atoms with Gasteiger partial charge in [-0.05, 0) is 30.5 Å². The van der Waals surface area contributed by atoms with E-state index >= 15 is 0 Å². The first-order chi connectivity index (χ1) is 13.3. The molecule has 1 aromatic carbocycles. The number of rotatable bonds is 3. The molecule has 3 aliphatic rings. The molecule has 28 heavy (non-hydrogen) atoms. The summed E-state index contributed by atoms with van der Waals surface area (Å²) in [4.78, 5) is 26.7. The van der Waals surface area contributed by atoms with Gasteiger partial charge < -0.3 is 4.74 Å². The van der Waals surface area contributed by atoms with Crippen molar-refractivity contribution in [3.63, 3.8) is 0 Å². The molecule has 2 amide bonds. The normalized spacial score (nSPS) is 29.0.